The topological polar surface area (TPSA) is 84.9 Å². The SMILES string of the molecule is COc1ccc(Br)c(C(=O)Nc2ccc(F)c(S(=O)(=O)N3CCOCC3)c2)c1. The maximum Gasteiger partial charge on any atom is 0.256 e. The van der Waals surface area contributed by atoms with E-state index in [0.717, 1.165) is 12.1 Å². The fourth-order valence-corrected chi connectivity index (χ4v) is 4.63. The van der Waals surface area contributed by atoms with Gasteiger partial charge in [0.1, 0.15) is 16.5 Å². The Morgan fingerprint density at radius 3 is 2.61 bits per heavy atom. The van der Waals surface area contributed by atoms with E-state index in [1.54, 1.807) is 12.1 Å². The Morgan fingerprint density at radius 2 is 1.93 bits per heavy atom. The molecular weight excluding hydrogens is 455 g/mol. The van der Waals surface area contributed by atoms with E-state index < -0.39 is 26.6 Å². The summed E-state index contributed by atoms with van der Waals surface area (Å²) >= 11 is 3.29. The van der Waals surface area contributed by atoms with Gasteiger partial charge < -0.3 is 14.8 Å². The van der Waals surface area contributed by atoms with Gasteiger partial charge in [0.2, 0.25) is 10.0 Å². The molecule has 0 bridgehead atoms. The number of carbonyl (C=O) groups excluding carboxylic acids is 1. The largest absolute Gasteiger partial charge is 0.497 e. The first-order valence-corrected chi connectivity index (χ1v) is 10.6. The summed E-state index contributed by atoms with van der Waals surface area (Å²) in [5, 5.41) is 2.59. The predicted octanol–water partition coefficient (Wildman–Crippen LogP) is 2.87. The fraction of sp³-hybridized carbons (Fsp3) is 0.278. The molecule has 1 fully saturated rings. The molecule has 1 aliphatic rings. The number of hydrogen-bond donors (Lipinski definition) is 1. The summed E-state index contributed by atoms with van der Waals surface area (Å²) in [5.41, 5.74) is 0.453. The molecule has 3 rings (SSSR count). The van der Waals surface area contributed by atoms with Crippen molar-refractivity contribution in [2.45, 2.75) is 4.90 Å². The van der Waals surface area contributed by atoms with Crippen molar-refractivity contribution in [3.05, 3.63) is 52.3 Å². The summed E-state index contributed by atoms with van der Waals surface area (Å²) < 4.78 is 51.7. The van der Waals surface area contributed by atoms with Crippen molar-refractivity contribution in [2.24, 2.45) is 0 Å². The highest BCUT2D eigenvalue weighted by Crippen LogP contribution is 2.26. The third-order valence-corrected chi connectivity index (χ3v) is 6.80. The second kappa shape index (κ2) is 8.56. The van der Waals surface area contributed by atoms with Crippen LogP contribution in [-0.4, -0.2) is 52.0 Å². The van der Waals surface area contributed by atoms with Crippen LogP contribution in [0.1, 0.15) is 10.4 Å². The van der Waals surface area contributed by atoms with E-state index >= 15 is 0 Å². The van der Waals surface area contributed by atoms with Crippen LogP contribution in [0.15, 0.2) is 45.8 Å². The minimum atomic E-state index is -4.04. The lowest BCUT2D eigenvalue weighted by molar-refractivity contribution is 0.0729. The molecule has 0 atom stereocenters. The number of methoxy groups -OCH3 is 1. The van der Waals surface area contributed by atoms with E-state index in [1.807, 2.05) is 0 Å². The lowest BCUT2D eigenvalue weighted by atomic mass is 10.2. The third kappa shape index (κ3) is 4.35. The van der Waals surface area contributed by atoms with Gasteiger partial charge in [-0.25, -0.2) is 12.8 Å². The minimum Gasteiger partial charge on any atom is -0.497 e. The van der Waals surface area contributed by atoms with Crippen LogP contribution < -0.4 is 10.1 Å². The first-order chi connectivity index (χ1) is 13.3. The van der Waals surface area contributed by atoms with Gasteiger partial charge in [-0.2, -0.15) is 4.31 Å². The maximum absolute atomic E-state index is 14.3. The zero-order chi connectivity index (χ0) is 20.3. The highest BCUT2D eigenvalue weighted by Gasteiger charge is 2.29. The minimum absolute atomic E-state index is 0.148. The zero-order valence-corrected chi connectivity index (χ0v) is 17.3. The van der Waals surface area contributed by atoms with Gasteiger partial charge in [0, 0.05) is 23.2 Å². The molecule has 150 valence electrons. The molecule has 10 heteroatoms. The number of halogens is 2. The number of morpholine rings is 1. The third-order valence-electron chi connectivity index (χ3n) is 4.20. The summed E-state index contributed by atoms with van der Waals surface area (Å²) in [4.78, 5) is 12.1. The van der Waals surface area contributed by atoms with Crippen molar-refractivity contribution < 1.29 is 27.1 Å². The second-order valence-corrected chi connectivity index (χ2v) is 8.72. The zero-order valence-electron chi connectivity index (χ0n) is 14.9. The highest BCUT2D eigenvalue weighted by molar-refractivity contribution is 9.10. The van der Waals surface area contributed by atoms with Gasteiger partial charge in [-0.1, -0.05) is 0 Å². The Labute approximate surface area is 170 Å². The summed E-state index contributed by atoms with van der Waals surface area (Å²) in [5.74, 6) is -0.887. The molecule has 2 aromatic rings. The molecule has 28 heavy (non-hydrogen) atoms. The molecule has 7 nitrogen and oxygen atoms in total. The molecular formula is C18H18BrFN2O5S. The summed E-state index contributed by atoms with van der Waals surface area (Å²) in [6.07, 6.45) is 0. The number of rotatable bonds is 5. The Hall–Kier alpha value is -2.01. The van der Waals surface area contributed by atoms with Crippen molar-refractivity contribution in [1.82, 2.24) is 4.31 Å². The van der Waals surface area contributed by atoms with Gasteiger partial charge in [-0.05, 0) is 52.3 Å². The van der Waals surface area contributed by atoms with Gasteiger partial charge in [0.05, 0.1) is 25.9 Å². The van der Waals surface area contributed by atoms with Crippen LogP contribution in [-0.2, 0) is 14.8 Å². The van der Waals surface area contributed by atoms with Crippen molar-refractivity contribution in [2.75, 3.05) is 38.7 Å². The van der Waals surface area contributed by atoms with Gasteiger partial charge in [0.15, 0.2) is 0 Å². The average molecular weight is 473 g/mol. The Bertz CT molecular complexity index is 993. The van der Waals surface area contributed by atoms with Crippen LogP contribution in [0.4, 0.5) is 10.1 Å². The monoisotopic (exact) mass is 472 g/mol. The van der Waals surface area contributed by atoms with Crippen molar-refractivity contribution in [3.63, 3.8) is 0 Å². The molecule has 0 saturated carbocycles. The van der Waals surface area contributed by atoms with Crippen LogP contribution >= 0.6 is 15.9 Å². The average Bonchev–Trinajstić information content (AvgIpc) is 2.70. The number of benzene rings is 2. The molecule has 1 aliphatic heterocycles. The van der Waals surface area contributed by atoms with Crippen LogP contribution in [0.5, 0.6) is 5.75 Å². The molecule has 0 aromatic heterocycles. The van der Waals surface area contributed by atoms with Gasteiger partial charge in [-0.3, -0.25) is 4.79 Å². The van der Waals surface area contributed by atoms with Crippen LogP contribution in [0, 0.1) is 5.82 Å². The summed E-state index contributed by atoms with van der Waals surface area (Å²) in [6, 6.07) is 8.32. The molecule has 0 spiro atoms. The Balaban J connectivity index is 1.88. The number of ether oxygens (including phenoxy) is 2. The molecule has 2 aromatic carbocycles. The summed E-state index contributed by atoms with van der Waals surface area (Å²) in [6.45, 7) is 0.798. The highest BCUT2D eigenvalue weighted by atomic mass is 79.9. The predicted molar refractivity (Wildman–Crippen MR) is 105 cm³/mol. The number of sulfonamides is 1. The van der Waals surface area contributed by atoms with E-state index in [9.17, 15) is 17.6 Å². The number of amides is 1. The number of nitrogens with zero attached hydrogens (tertiary/aromatic N) is 1. The molecule has 0 radical (unpaired) electrons. The molecule has 1 amide bonds. The lowest BCUT2D eigenvalue weighted by Crippen LogP contribution is -2.40. The van der Waals surface area contributed by atoms with Crippen LogP contribution in [0.2, 0.25) is 0 Å². The molecule has 1 heterocycles. The molecule has 0 unspecified atom stereocenters. The van der Waals surface area contributed by atoms with Crippen molar-refractivity contribution >= 4 is 37.5 Å². The fourth-order valence-electron chi connectivity index (χ4n) is 2.71. The number of nitrogens with one attached hydrogen (secondary N) is 1. The van der Waals surface area contributed by atoms with Crippen LogP contribution in [0.25, 0.3) is 0 Å². The summed E-state index contributed by atoms with van der Waals surface area (Å²) in [7, 11) is -2.56. The van der Waals surface area contributed by atoms with E-state index in [2.05, 4.69) is 21.2 Å². The van der Waals surface area contributed by atoms with E-state index in [-0.39, 0.29) is 32.0 Å². The second-order valence-electron chi connectivity index (χ2n) is 5.96. The first kappa shape index (κ1) is 20.7. The van der Waals surface area contributed by atoms with Gasteiger partial charge in [0.25, 0.3) is 5.91 Å². The van der Waals surface area contributed by atoms with E-state index in [4.69, 9.17) is 9.47 Å². The number of hydrogen-bond acceptors (Lipinski definition) is 5. The standard InChI is InChI=1S/C18H18BrFN2O5S/c1-26-13-3-4-15(19)14(11-13)18(23)21-12-2-5-16(20)17(10-12)28(24,25)22-6-8-27-9-7-22/h2-5,10-11H,6-9H2,1H3,(H,21,23). The smallest absolute Gasteiger partial charge is 0.256 e. The molecule has 1 N–H and O–H groups in total. The number of anilines is 1. The van der Waals surface area contributed by atoms with Gasteiger partial charge >= 0.3 is 0 Å². The van der Waals surface area contributed by atoms with E-state index in [1.165, 1.54) is 23.5 Å². The Morgan fingerprint density at radius 1 is 1.21 bits per heavy atom. The Kier molecular flexibility index (Phi) is 6.33. The number of carbonyl (C=O) groups is 1. The molecule has 1 saturated heterocycles. The normalized spacial score (nSPS) is 15.2. The molecule has 0 aliphatic carbocycles. The quantitative estimate of drug-likeness (QED) is 0.722. The first-order valence-electron chi connectivity index (χ1n) is 8.35. The van der Waals surface area contributed by atoms with Crippen LogP contribution in [0.3, 0.4) is 0 Å². The lowest BCUT2D eigenvalue weighted by Gasteiger charge is -2.26. The maximum atomic E-state index is 14.3. The van der Waals surface area contributed by atoms with E-state index in [0.29, 0.717) is 15.8 Å². The van der Waals surface area contributed by atoms with Gasteiger partial charge in [-0.15, -0.1) is 0 Å². The van der Waals surface area contributed by atoms with Crippen molar-refractivity contribution in [1.29, 1.82) is 0 Å². The van der Waals surface area contributed by atoms with Crippen molar-refractivity contribution in [3.8, 4) is 5.75 Å².